The molecule has 1 amide bonds. The first-order chi connectivity index (χ1) is 10.0. The molecule has 112 valence electrons. The highest BCUT2D eigenvalue weighted by Crippen LogP contribution is 2.08. The van der Waals surface area contributed by atoms with E-state index in [2.05, 4.69) is 25.6 Å². The third-order valence-corrected chi connectivity index (χ3v) is 3.44. The second kappa shape index (κ2) is 6.98. The van der Waals surface area contributed by atoms with Gasteiger partial charge in [0.1, 0.15) is 0 Å². The predicted octanol–water partition coefficient (Wildman–Crippen LogP) is 0.614. The number of carbonyl (C=O) groups excluding carboxylic acids is 1. The number of rotatable bonds is 6. The molecule has 0 fully saturated rings. The Labute approximate surface area is 125 Å². The Morgan fingerprint density at radius 3 is 2.81 bits per heavy atom. The number of H-pyrrole nitrogens is 1. The van der Waals surface area contributed by atoms with E-state index in [1.165, 1.54) is 17.4 Å². The molecule has 0 saturated heterocycles. The van der Waals surface area contributed by atoms with Crippen LogP contribution in [-0.4, -0.2) is 33.9 Å². The van der Waals surface area contributed by atoms with Crippen molar-refractivity contribution in [2.75, 3.05) is 18.4 Å². The molecule has 7 nitrogen and oxygen atoms in total. The van der Waals surface area contributed by atoms with Crippen molar-refractivity contribution in [2.24, 2.45) is 0 Å². The number of carbonyl (C=O) groups is 1. The maximum Gasteiger partial charge on any atom is 0.252 e. The molecule has 2 aromatic heterocycles. The van der Waals surface area contributed by atoms with Crippen LogP contribution in [-0.2, 0) is 11.2 Å². The third kappa shape index (κ3) is 4.99. The van der Waals surface area contributed by atoms with Gasteiger partial charge in [0.05, 0.1) is 17.1 Å². The zero-order valence-corrected chi connectivity index (χ0v) is 12.7. The lowest BCUT2D eigenvalue weighted by Gasteiger charge is -2.07. The van der Waals surface area contributed by atoms with Crippen LogP contribution >= 0.6 is 11.3 Å². The van der Waals surface area contributed by atoms with Crippen LogP contribution in [0.2, 0.25) is 0 Å². The van der Waals surface area contributed by atoms with Gasteiger partial charge in [-0.3, -0.25) is 14.6 Å². The standard InChI is InChI=1S/C13H17N5O2S/c1-8-5-12(20)18-13(16-8)15-4-3-14-11(19)6-10-7-21-9(2)17-10/h5,7H,3-4,6H2,1-2H3,(H,14,19)(H2,15,16,18,20). The van der Waals surface area contributed by atoms with Gasteiger partial charge < -0.3 is 10.6 Å². The van der Waals surface area contributed by atoms with Crippen LogP contribution in [0.1, 0.15) is 16.4 Å². The summed E-state index contributed by atoms with van der Waals surface area (Å²) in [6.45, 7) is 4.58. The number of amides is 1. The number of hydrogen-bond acceptors (Lipinski definition) is 6. The Morgan fingerprint density at radius 1 is 1.33 bits per heavy atom. The first-order valence-corrected chi connectivity index (χ1v) is 7.40. The van der Waals surface area contributed by atoms with Crippen molar-refractivity contribution in [3.63, 3.8) is 0 Å². The number of nitrogens with one attached hydrogen (secondary N) is 3. The largest absolute Gasteiger partial charge is 0.354 e. The van der Waals surface area contributed by atoms with E-state index in [1.807, 2.05) is 12.3 Å². The van der Waals surface area contributed by atoms with Gasteiger partial charge in [-0.1, -0.05) is 0 Å². The van der Waals surface area contributed by atoms with Gasteiger partial charge in [-0.25, -0.2) is 9.97 Å². The fourth-order valence-corrected chi connectivity index (χ4v) is 2.37. The van der Waals surface area contributed by atoms with Crippen LogP contribution in [0.3, 0.4) is 0 Å². The molecule has 21 heavy (non-hydrogen) atoms. The Morgan fingerprint density at radius 2 is 2.14 bits per heavy atom. The van der Waals surface area contributed by atoms with E-state index in [9.17, 15) is 9.59 Å². The van der Waals surface area contributed by atoms with Crippen LogP contribution in [0.15, 0.2) is 16.2 Å². The molecule has 0 aromatic carbocycles. The lowest BCUT2D eigenvalue weighted by Crippen LogP contribution is -2.30. The normalized spacial score (nSPS) is 10.4. The molecule has 0 aliphatic heterocycles. The molecule has 2 heterocycles. The van der Waals surface area contributed by atoms with E-state index < -0.39 is 0 Å². The highest BCUT2D eigenvalue weighted by molar-refractivity contribution is 7.09. The van der Waals surface area contributed by atoms with Crippen LogP contribution in [0.5, 0.6) is 0 Å². The minimum absolute atomic E-state index is 0.0761. The molecule has 0 atom stereocenters. The van der Waals surface area contributed by atoms with Gasteiger partial charge in [-0.15, -0.1) is 11.3 Å². The first-order valence-electron chi connectivity index (χ1n) is 6.52. The van der Waals surface area contributed by atoms with E-state index in [0.29, 0.717) is 24.7 Å². The molecule has 0 aliphatic carbocycles. The van der Waals surface area contributed by atoms with E-state index in [1.54, 1.807) is 6.92 Å². The Hall–Kier alpha value is -2.22. The quantitative estimate of drug-likeness (QED) is 0.679. The van der Waals surface area contributed by atoms with Crippen LogP contribution < -0.4 is 16.2 Å². The van der Waals surface area contributed by atoms with E-state index in [0.717, 1.165) is 10.7 Å². The summed E-state index contributed by atoms with van der Waals surface area (Å²) in [6, 6.07) is 1.42. The second-order valence-corrected chi connectivity index (χ2v) is 5.61. The lowest BCUT2D eigenvalue weighted by molar-refractivity contribution is -0.120. The van der Waals surface area contributed by atoms with Gasteiger partial charge in [0.15, 0.2) is 0 Å². The highest BCUT2D eigenvalue weighted by atomic mass is 32.1. The molecule has 0 spiro atoms. The fraction of sp³-hybridized carbons (Fsp3) is 0.385. The smallest absolute Gasteiger partial charge is 0.252 e. The third-order valence-electron chi connectivity index (χ3n) is 2.62. The van der Waals surface area contributed by atoms with Gasteiger partial charge in [0, 0.05) is 30.2 Å². The van der Waals surface area contributed by atoms with Gasteiger partial charge >= 0.3 is 0 Å². The van der Waals surface area contributed by atoms with E-state index in [4.69, 9.17) is 0 Å². The molecule has 0 aliphatic rings. The zero-order chi connectivity index (χ0) is 15.2. The van der Waals surface area contributed by atoms with Gasteiger partial charge in [0.2, 0.25) is 11.9 Å². The predicted molar refractivity (Wildman–Crippen MR) is 81.6 cm³/mol. The number of anilines is 1. The zero-order valence-electron chi connectivity index (χ0n) is 11.9. The molecule has 3 N–H and O–H groups in total. The van der Waals surface area contributed by atoms with E-state index in [-0.39, 0.29) is 17.9 Å². The monoisotopic (exact) mass is 307 g/mol. The number of thiazole rings is 1. The summed E-state index contributed by atoms with van der Waals surface area (Å²) in [5.74, 6) is 0.331. The Bertz CT molecular complexity index is 679. The minimum atomic E-state index is -0.201. The van der Waals surface area contributed by atoms with Crippen molar-refractivity contribution in [3.8, 4) is 0 Å². The second-order valence-electron chi connectivity index (χ2n) is 4.55. The summed E-state index contributed by atoms with van der Waals surface area (Å²) >= 11 is 1.53. The number of aromatic amines is 1. The summed E-state index contributed by atoms with van der Waals surface area (Å²) in [7, 11) is 0. The lowest BCUT2D eigenvalue weighted by atomic mass is 10.3. The number of nitrogens with zero attached hydrogens (tertiary/aromatic N) is 2. The van der Waals surface area contributed by atoms with Crippen LogP contribution in [0.25, 0.3) is 0 Å². The number of aromatic nitrogens is 3. The molecule has 2 rings (SSSR count). The van der Waals surface area contributed by atoms with Crippen molar-refractivity contribution in [1.29, 1.82) is 0 Å². The van der Waals surface area contributed by atoms with Crippen LogP contribution in [0, 0.1) is 13.8 Å². The molecular formula is C13H17N5O2S. The van der Waals surface area contributed by atoms with Crippen molar-refractivity contribution in [3.05, 3.63) is 38.2 Å². The van der Waals surface area contributed by atoms with Gasteiger partial charge in [0.25, 0.3) is 5.56 Å². The maximum atomic E-state index is 11.7. The molecule has 0 radical (unpaired) electrons. The summed E-state index contributed by atoms with van der Waals surface area (Å²) in [5, 5.41) is 8.57. The topological polar surface area (TPSA) is 99.8 Å². The van der Waals surface area contributed by atoms with E-state index >= 15 is 0 Å². The number of hydrogen-bond donors (Lipinski definition) is 3. The minimum Gasteiger partial charge on any atom is -0.354 e. The molecule has 0 unspecified atom stereocenters. The maximum absolute atomic E-state index is 11.7. The van der Waals surface area contributed by atoms with Gasteiger partial charge in [-0.05, 0) is 13.8 Å². The summed E-state index contributed by atoms with van der Waals surface area (Å²) in [4.78, 5) is 33.9. The SMILES string of the molecule is Cc1cc(=O)[nH]c(NCCNC(=O)Cc2csc(C)n2)n1. The Balaban J connectivity index is 1.71. The highest BCUT2D eigenvalue weighted by Gasteiger charge is 2.05. The first kappa shape index (κ1) is 15.2. The van der Waals surface area contributed by atoms with Crippen molar-refractivity contribution in [2.45, 2.75) is 20.3 Å². The average Bonchev–Trinajstić information content (AvgIpc) is 2.79. The summed E-state index contributed by atoms with van der Waals surface area (Å²) < 4.78 is 0. The average molecular weight is 307 g/mol. The summed E-state index contributed by atoms with van der Waals surface area (Å²) in [6.07, 6.45) is 0.282. The van der Waals surface area contributed by atoms with Crippen molar-refractivity contribution in [1.82, 2.24) is 20.3 Å². The van der Waals surface area contributed by atoms with Crippen molar-refractivity contribution < 1.29 is 4.79 Å². The van der Waals surface area contributed by atoms with Gasteiger partial charge in [-0.2, -0.15) is 0 Å². The molecule has 2 aromatic rings. The van der Waals surface area contributed by atoms with Crippen LogP contribution in [0.4, 0.5) is 5.95 Å². The fourth-order valence-electron chi connectivity index (χ4n) is 1.76. The molecular weight excluding hydrogens is 290 g/mol. The number of aryl methyl sites for hydroxylation is 2. The molecule has 0 saturated carbocycles. The Kier molecular flexibility index (Phi) is 5.04. The molecule has 8 heteroatoms. The van der Waals surface area contributed by atoms with Crippen molar-refractivity contribution >= 4 is 23.2 Å². The molecule has 0 bridgehead atoms. The summed E-state index contributed by atoms with van der Waals surface area (Å²) in [5.41, 5.74) is 1.23.